The zero-order valence-corrected chi connectivity index (χ0v) is 19.5. The maximum atomic E-state index is 13.0. The van der Waals surface area contributed by atoms with Gasteiger partial charge in [-0.1, -0.05) is 18.2 Å². The highest BCUT2D eigenvalue weighted by Gasteiger charge is 2.15. The van der Waals surface area contributed by atoms with Crippen molar-refractivity contribution in [2.45, 2.75) is 24.8 Å². The monoisotopic (exact) mass is 470 g/mol. The SMILES string of the molecule is CC(C)n1ncc2cc(NC(=O)c3ccccc3SCC(=O)Nc3cccc(C#N)c3)cnc21. The Labute approximate surface area is 201 Å². The van der Waals surface area contributed by atoms with Gasteiger partial charge in [0, 0.05) is 22.0 Å². The fourth-order valence-electron chi connectivity index (χ4n) is 3.37. The highest BCUT2D eigenvalue weighted by atomic mass is 32.2. The van der Waals surface area contributed by atoms with E-state index in [0.717, 1.165) is 11.0 Å². The van der Waals surface area contributed by atoms with Gasteiger partial charge >= 0.3 is 0 Å². The van der Waals surface area contributed by atoms with E-state index in [9.17, 15) is 9.59 Å². The van der Waals surface area contributed by atoms with Gasteiger partial charge in [-0.25, -0.2) is 9.67 Å². The van der Waals surface area contributed by atoms with Gasteiger partial charge in [0.15, 0.2) is 5.65 Å². The molecule has 0 aliphatic carbocycles. The summed E-state index contributed by atoms with van der Waals surface area (Å²) in [6.07, 6.45) is 3.34. The number of rotatable bonds is 7. The second-order valence-electron chi connectivity index (χ2n) is 7.80. The van der Waals surface area contributed by atoms with Gasteiger partial charge in [0.1, 0.15) is 0 Å². The number of amides is 2. The third-order valence-electron chi connectivity index (χ3n) is 4.95. The third-order valence-corrected chi connectivity index (χ3v) is 6.02. The Morgan fingerprint density at radius 2 is 1.88 bits per heavy atom. The van der Waals surface area contributed by atoms with Crippen LogP contribution in [0.1, 0.15) is 35.8 Å². The van der Waals surface area contributed by atoms with Crippen molar-refractivity contribution >= 4 is 46.0 Å². The molecule has 2 aromatic heterocycles. The van der Waals surface area contributed by atoms with Gasteiger partial charge in [0.25, 0.3) is 5.91 Å². The van der Waals surface area contributed by atoms with Crippen LogP contribution in [0.15, 0.2) is 71.9 Å². The summed E-state index contributed by atoms with van der Waals surface area (Å²) in [6.45, 7) is 4.06. The number of pyridine rings is 1. The van der Waals surface area contributed by atoms with Crippen LogP contribution in [0.25, 0.3) is 11.0 Å². The largest absolute Gasteiger partial charge is 0.325 e. The zero-order valence-electron chi connectivity index (χ0n) is 18.6. The maximum Gasteiger partial charge on any atom is 0.256 e. The predicted molar refractivity (Wildman–Crippen MR) is 133 cm³/mol. The molecule has 2 amide bonds. The summed E-state index contributed by atoms with van der Waals surface area (Å²) in [5, 5.41) is 19.9. The van der Waals surface area contributed by atoms with Crippen molar-refractivity contribution in [2.75, 3.05) is 16.4 Å². The van der Waals surface area contributed by atoms with Crippen molar-refractivity contribution in [2.24, 2.45) is 0 Å². The molecular formula is C25H22N6O2S. The fraction of sp³-hybridized carbons (Fsp3) is 0.160. The number of hydrogen-bond acceptors (Lipinski definition) is 6. The molecule has 0 aliphatic heterocycles. The van der Waals surface area contributed by atoms with Crippen molar-refractivity contribution < 1.29 is 9.59 Å². The molecule has 0 radical (unpaired) electrons. The van der Waals surface area contributed by atoms with Crippen LogP contribution >= 0.6 is 11.8 Å². The van der Waals surface area contributed by atoms with Gasteiger partial charge in [-0.2, -0.15) is 10.4 Å². The molecule has 0 atom stereocenters. The highest BCUT2D eigenvalue weighted by molar-refractivity contribution is 8.00. The van der Waals surface area contributed by atoms with Gasteiger partial charge in [-0.05, 0) is 50.2 Å². The second-order valence-corrected chi connectivity index (χ2v) is 8.82. The van der Waals surface area contributed by atoms with Crippen LogP contribution in [0.2, 0.25) is 0 Å². The number of carbonyl (C=O) groups excluding carboxylic acids is 2. The minimum atomic E-state index is -0.289. The van der Waals surface area contributed by atoms with Crippen LogP contribution in [0.4, 0.5) is 11.4 Å². The van der Waals surface area contributed by atoms with Crippen molar-refractivity contribution in [3.63, 3.8) is 0 Å². The number of nitrogens with one attached hydrogen (secondary N) is 2. The van der Waals surface area contributed by atoms with E-state index in [1.54, 1.807) is 54.9 Å². The molecule has 0 bridgehead atoms. The molecular weight excluding hydrogens is 448 g/mol. The van der Waals surface area contributed by atoms with Crippen molar-refractivity contribution in [1.29, 1.82) is 5.26 Å². The van der Waals surface area contributed by atoms with E-state index in [4.69, 9.17) is 5.26 Å². The third kappa shape index (κ3) is 5.24. The smallest absolute Gasteiger partial charge is 0.256 e. The topological polar surface area (TPSA) is 113 Å². The first-order chi connectivity index (χ1) is 16.4. The van der Waals surface area contributed by atoms with E-state index in [1.165, 1.54) is 11.8 Å². The summed E-state index contributed by atoms with van der Waals surface area (Å²) in [5.74, 6) is -0.405. The molecule has 4 aromatic rings. The molecule has 2 aromatic carbocycles. The van der Waals surface area contributed by atoms with Crippen LogP contribution in [-0.2, 0) is 4.79 Å². The number of thioether (sulfide) groups is 1. The lowest BCUT2D eigenvalue weighted by Gasteiger charge is -2.11. The Morgan fingerprint density at radius 3 is 2.68 bits per heavy atom. The van der Waals surface area contributed by atoms with Gasteiger partial charge in [0.05, 0.1) is 41.0 Å². The van der Waals surface area contributed by atoms with Crippen LogP contribution < -0.4 is 10.6 Å². The number of hydrogen-bond donors (Lipinski definition) is 2. The van der Waals surface area contributed by atoms with E-state index in [0.29, 0.717) is 27.4 Å². The molecule has 0 saturated heterocycles. The van der Waals surface area contributed by atoms with E-state index in [2.05, 4.69) is 20.7 Å². The summed E-state index contributed by atoms with van der Waals surface area (Å²) in [5.41, 5.74) is 2.81. The van der Waals surface area contributed by atoms with E-state index in [1.807, 2.05) is 36.7 Å². The van der Waals surface area contributed by atoms with E-state index in [-0.39, 0.29) is 23.6 Å². The zero-order chi connectivity index (χ0) is 24.1. The number of fused-ring (bicyclic) bond motifs is 1. The predicted octanol–water partition coefficient (Wildman–Crippen LogP) is 4.87. The Hall–Kier alpha value is -4.16. The summed E-state index contributed by atoms with van der Waals surface area (Å²) >= 11 is 1.27. The average molecular weight is 471 g/mol. The van der Waals surface area contributed by atoms with Crippen molar-refractivity contribution in [3.05, 3.63) is 78.1 Å². The maximum absolute atomic E-state index is 13.0. The molecule has 0 unspecified atom stereocenters. The minimum absolute atomic E-state index is 0.114. The van der Waals surface area contributed by atoms with Crippen LogP contribution in [0.5, 0.6) is 0 Å². The Kier molecular flexibility index (Phi) is 6.90. The summed E-state index contributed by atoms with van der Waals surface area (Å²) in [6, 6.07) is 17.9. The number of anilines is 2. The summed E-state index contributed by atoms with van der Waals surface area (Å²) < 4.78 is 1.83. The number of nitrogens with zero attached hydrogens (tertiary/aromatic N) is 4. The molecule has 4 rings (SSSR count). The van der Waals surface area contributed by atoms with Gasteiger partial charge < -0.3 is 10.6 Å². The molecule has 34 heavy (non-hydrogen) atoms. The van der Waals surface area contributed by atoms with Crippen LogP contribution in [-0.4, -0.2) is 32.3 Å². The number of carbonyl (C=O) groups is 2. The standard InChI is InChI=1S/C25H22N6O2S/c1-16(2)31-24-18(13-28-31)11-20(14-27-24)30-25(33)21-8-3-4-9-22(21)34-15-23(32)29-19-7-5-6-17(10-19)12-26/h3-11,13-14,16H,15H2,1-2H3,(H,29,32)(H,30,33). The second kappa shape index (κ2) is 10.2. The number of nitriles is 1. The Bertz CT molecular complexity index is 1410. The first-order valence-corrected chi connectivity index (χ1v) is 11.6. The number of aromatic nitrogens is 3. The summed E-state index contributed by atoms with van der Waals surface area (Å²) in [7, 11) is 0. The molecule has 2 N–H and O–H groups in total. The fourth-order valence-corrected chi connectivity index (χ4v) is 4.22. The normalized spacial score (nSPS) is 10.8. The molecule has 0 fully saturated rings. The van der Waals surface area contributed by atoms with Crippen LogP contribution in [0, 0.1) is 11.3 Å². The molecule has 0 spiro atoms. The summed E-state index contributed by atoms with van der Waals surface area (Å²) in [4.78, 5) is 30.5. The van der Waals surface area contributed by atoms with Crippen molar-refractivity contribution in [3.8, 4) is 6.07 Å². The van der Waals surface area contributed by atoms with Gasteiger partial charge in [-0.15, -0.1) is 11.8 Å². The molecule has 0 saturated carbocycles. The Balaban J connectivity index is 1.43. The molecule has 2 heterocycles. The lowest BCUT2D eigenvalue weighted by atomic mass is 10.2. The average Bonchev–Trinajstić information content (AvgIpc) is 3.26. The quantitative estimate of drug-likeness (QED) is 0.373. The molecule has 0 aliphatic rings. The Morgan fingerprint density at radius 1 is 1.06 bits per heavy atom. The lowest BCUT2D eigenvalue weighted by molar-refractivity contribution is -0.113. The number of benzene rings is 2. The van der Waals surface area contributed by atoms with Gasteiger partial charge in [0.2, 0.25) is 5.91 Å². The lowest BCUT2D eigenvalue weighted by Crippen LogP contribution is -2.16. The van der Waals surface area contributed by atoms with E-state index >= 15 is 0 Å². The first kappa shape index (κ1) is 23.0. The highest BCUT2D eigenvalue weighted by Crippen LogP contribution is 2.25. The molecule has 9 heteroatoms. The van der Waals surface area contributed by atoms with Crippen molar-refractivity contribution in [1.82, 2.24) is 14.8 Å². The molecule has 8 nitrogen and oxygen atoms in total. The van der Waals surface area contributed by atoms with Crippen LogP contribution in [0.3, 0.4) is 0 Å². The first-order valence-electron chi connectivity index (χ1n) is 10.6. The van der Waals surface area contributed by atoms with E-state index < -0.39 is 0 Å². The molecule has 170 valence electrons. The van der Waals surface area contributed by atoms with Gasteiger partial charge in [-0.3, -0.25) is 9.59 Å². The minimum Gasteiger partial charge on any atom is -0.325 e.